The molecule has 0 aliphatic carbocycles. The van der Waals surface area contributed by atoms with Gasteiger partial charge in [-0.1, -0.05) is 35.9 Å². The number of nitrogens with zero attached hydrogens (tertiary/aromatic N) is 3. The molecule has 9 heteroatoms. The minimum absolute atomic E-state index is 0.188. The summed E-state index contributed by atoms with van der Waals surface area (Å²) in [5, 5.41) is 10.4. The number of aryl methyl sites for hydroxylation is 2. The van der Waals surface area contributed by atoms with Gasteiger partial charge in [0.15, 0.2) is 11.6 Å². The first-order valence-electron chi connectivity index (χ1n) is 11.2. The Balaban J connectivity index is 1.47. The summed E-state index contributed by atoms with van der Waals surface area (Å²) in [6, 6.07) is 13.1. The van der Waals surface area contributed by atoms with Gasteiger partial charge in [-0.15, -0.1) is 0 Å². The Bertz CT molecular complexity index is 1150. The molecule has 0 saturated carbocycles. The summed E-state index contributed by atoms with van der Waals surface area (Å²) in [5.41, 5.74) is 3.51. The van der Waals surface area contributed by atoms with Crippen molar-refractivity contribution in [2.75, 3.05) is 38.7 Å². The molecule has 2 heterocycles. The number of ether oxygens (including phenoxy) is 1. The molecule has 180 valence electrons. The van der Waals surface area contributed by atoms with E-state index in [1.807, 2.05) is 37.3 Å². The highest BCUT2D eigenvalue weighted by atomic mass is 19.2. The summed E-state index contributed by atoms with van der Waals surface area (Å²) in [5.74, 6) is -1.42. The highest BCUT2D eigenvalue weighted by Gasteiger charge is 2.35. The molecular formula is C25H29F2N5O2. The number of likely N-dealkylation sites (tertiary alicyclic amines) is 1. The van der Waals surface area contributed by atoms with Gasteiger partial charge in [0.2, 0.25) is 0 Å². The Kier molecular flexibility index (Phi) is 7.23. The highest BCUT2D eigenvalue weighted by Crippen LogP contribution is 2.29. The first-order valence-corrected chi connectivity index (χ1v) is 11.2. The standard InChI is InChI=1S/C25H29F2N5O2/c1-16-4-6-17(7-5-16)22-13-24(31(2)30-22)29-25(33)28-23-15-32(10-11-34-3)14-19(23)18-8-9-20(26)21(27)12-18/h4-9,12-13,19,23H,10-11,14-15H2,1-3H3,(H2,28,29,33). The molecule has 1 saturated heterocycles. The van der Waals surface area contributed by atoms with Crippen LogP contribution in [0.5, 0.6) is 0 Å². The number of benzene rings is 2. The van der Waals surface area contributed by atoms with Crippen molar-refractivity contribution in [3.8, 4) is 11.3 Å². The van der Waals surface area contributed by atoms with E-state index < -0.39 is 11.6 Å². The Morgan fingerprint density at radius 3 is 2.59 bits per heavy atom. The number of rotatable bonds is 7. The minimum Gasteiger partial charge on any atom is -0.383 e. The number of methoxy groups -OCH3 is 1. The van der Waals surface area contributed by atoms with Crippen molar-refractivity contribution < 1.29 is 18.3 Å². The Morgan fingerprint density at radius 1 is 1.12 bits per heavy atom. The highest BCUT2D eigenvalue weighted by molar-refractivity contribution is 5.89. The maximum absolute atomic E-state index is 13.9. The van der Waals surface area contributed by atoms with Gasteiger partial charge in [0.05, 0.1) is 18.3 Å². The monoisotopic (exact) mass is 469 g/mol. The maximum atomic E-state index is 13.9. The van der Waals surface area contributed by atoms with Gasteiger partial charge in [-0.2, -0.15) is 5.10 Å². The Morgan fingerprint density at radius 2 is 1.88 bits per heavy atom. The molecule has 2 amide bonds. The van der Waals surface area contributed by atoms with Gasteiger partial charge in [-0.05, 0) is 24.6 Å². The third kappa shape index (κ3) is 5.43. The van der Waals surface area contributed by atoms with Crippen molar-refractivity contribution in [1.29, 1.82) is 0 Å². The predicted octanol–water partition coefficient (Wildman–Crippen LogP) is 3.91. The number of urea groups is 1. The van der Waals surface area contributed by atoms with E-state index >= 15 is 0 Å². The second kappa shape index (κ2) is 10.3. The van der Waals surface area contributed by atoms with Gasteiger partial charge >= 0.3 is 6.03 Å². The molecule has 7 nitrogen and oxygen atoms in total. The quantitative estimate of drug-likeness (QED) is 0.551. The molecule has 0 spiro atoms. The molecule has 4 rings (SSSR count). The van der Waals surface area contributed by atoms with Crippen LogP contribution in [0.15, 0.2) is 48.5 Å². The summed E-state index contributed by atoms with van der Waals surface area (Å²) in [6.07, 6.45) is 0. The van der Waals surface area contributed by atoms with Gasteiger partial charge in [0, 0.05) is 51.3 Å². The second-order valence-corrected chi connectivity index (χ2v) is 8.64. The number of hydrogen-bond acceptors (Lipinski definition) is 4. The largest absolute Gasteiger partial charge is 0.383 e. The van der Waals surface area contributed by atoms with E-state index in [1.54, 1.807) is 24.9 Å². The first kappa shape index (κ1) is 23.8. The zero-order valence-corrected chi connectivity index (χ0v) is 19.5. The molecule has 2 N–H and O–H groups in total. The SMILES string of the molecule is COCCN1CC(NC(=O)Nc2cc(-c3ccc(C)cc3)nn2C)C(c2ccc(F)c(F)c2)C1. The first-order chi connectivity index (χ1) is 16.3. The van der Waals surface area contributed by atoms with Crippen molar-refractivity contribution in [3.63, 3.8) is 0 Å². The van der Waals surface area contributed by atoms with E-state index in [0.29, 0.717) is 37.6 Å². The fourth-order valence-corrected chi connectivity index (χ4v) is 4.29. The third-order valence-electron chi connectivity index (χ3n) is 6.16. The summed E-state index contributed by atoms with van der Waals surface area (Å²) in [7, 11) is 3.39. The molecule has 34 heavy (non-hydrogen) atoms. The number of hydrogen-bond donors (Lipinski definition) is 2. The lowest BCUT2D eigenvalue weighted by Gasteiger charge is -2.20. The summed E-state index contributed by atoms with van der Waals surface area (Å²) < 4.78 is 34.2. The average Bonchev–Trinajstić information content (AvgIpc) is 3.37. The zero-order chi connectivity index (χ0) is 24.2. The van der Waals surface area contributed by atoms with E-state index in [1.165, 1.54) is 6.07 Å². The van der Waals surface area contributed by atoms with Crippen LogP contribution in [0.1, 0.15) is 17.0 Å². The summed E-state index contributed by atoms with van der Waals surface area (Å²) in [4.78, 5) is 15.0. The smallest absolute Gasteiger partial charge is 0.320 e. The fourth-order valence-electron chi connectivity index (χ4n) is 4.29. The number of amides is 2. The van der Waals surface area contributed by atoms with Gasteiger partial charge in [-0.25, -0.2) is 13.6 Å². The van der Waals surface area contributed by atoms with Gasteiger partial charge < -0.3 is 10.1 Å². The van der Waals surface area contributed by atoms with E-state index in [9.17, 15) is 13.6 Å². The second-order valence-electron chi connectivity index (χ2n) is 8.64. The lowest BCUT2D eigenvalue weighted by atomic mass is 9.94. The lowest BCUT2D eigenvalue weighted by Crippen LogP contribution is -2.42. The van der Waals surface area contributed by atoms with Crippen LogP contribution in [0.25, 0.3) is 11.3 Å². The van der Waals surface area contributed by atoms with E-state index in [0.717, 1.165) is 22.9 Å². The van der Waals surface area contributed by atoms with Crippen molar-refractivity contribution in [3.05, 3.63) is 71.3 Å². The average molecular weight is 470 g/mol. The van der Waals surface area contributed by atoms with Crippen LogP contribution >= 0.6 is 0 Å². The number of aromatic nitrogens is 2. The van der Waals surface area contributed by atoms with Crippen LogP contribution in [0.3, 0.4) is 0 Å². The summed E-state index contributed by atoms with van der Waals surface area (Å²) >= 11 is 0. The predicted molar refractivity (Wildman–Crippen MR) is 127 cm³/mol. The maximum Gasteiger partial charge on any atom is 0.320 e. The topological polar surface area (TPSA) is 71.4 Å². The van der Waals surface area contributed by atoms with Crippen molar-refractivity contribution >= 4 is 11.8 Å². The van der Waals surface area contributed by atoms with E-state index in [2.05, 4.69) is 20.6 Å². The number of carbonyl (C=O) groups is 1. The molecular weight excluding hydrogens is 440 g/mol. The molecule has 1 aliphatic rings. The molecule has 3 aromatic rings. The van der Waals surface area contributed by atoms with Crippen LogP contribution in [-0.4, -0.2) is 60.1 Å². The number of nitrogens with one attached hydrogen (secondary N) is 2. The molecule has 0 radical (unpaired) electrons. The van der Waals surface area contributed by atoms with Crippen molar-refractivity contribution in [1.82, 2.24) is 20.0 Å². The molecule has 2 unspecified atom stereocenters. The van der Waals surface area contributed by atoms with Crippen molar-refractivity contribution in [2.45, 2.75) is 18.9 Å². The fraction of sp³-hybridized carbons (Fsp3) is 0.360. The van der Waals surface area contributed by atoms with Gasteiger partial charge in [0.25, 0.3) is 0 Å². The number of halogens is 2. The Hall–Kier alpha value is -3.30. The zero-order valence-electron chi connectivity index (χ0n) is 19.5. The number of carbonyl (C=O) groups excluding carboxylic acids is 1. The molecule has 1 fully saturated rings. The molecule has 1 aromatic heterocycles. The Labute approximate surface area is 197 Å². The van der Waals surface area contributed by atoms with Gasteiger partial charge in [-0.3, -0.25) is 14.9 Å². The van der Waals surface area contributed by atoms with E-state index in [-0.39, 0.29) is 18.0 Å². The van der Waals surface area contributed by atoms with Crippen molar-refractivity contribution in [2.24, 2.45) is 7.05 Å². The van der Waals surface area contributed by atoms with Crippen LogP contribution in [0.2, 0.25) is 0 Å². The van der Waals surface area contributed by atoms with Gasteiger partial charge in [0.1, 0.15) is 5.82 Å². The number of anilines is 1. The van der Waals surface area contributed by atoms with Crippen LogP contribution in [0.4, 0.5) is 19.4 Å². The minimum atomic E-state index is -0.894. The normalized spacial score (nSPS) is 18.3. The lowest BCUT2D eigenvalue weighted by molar-refractivity contribution is 0.159. The molecule has 1 aliphatic heterocycles. The molecule has 2 aromatic carbocycles. The van der Waals surface area contributed by atoms with E-state index in [4.69, 9.17) is 4.74 Å². The summed E-state index contributed by atoms with van der Waals surface area (Å²) in [6.45, 7) is 4.41. The van der Waals surface area contributed by atoms with Crippen LogP contribution in [0, 0.1) is 18.6 Å². The molecule has 0 bridgehead atoms. The van der Waals surface area contributed by atoms with Crippen LogP contribution < -0.4 is 10.6 Å². The third-order valence-corrected chi connectivity index (χ3v) is 6.16. The molecule has 2 atom stereocenters. The van der Waals surface area contributed by atoms with Crippen LogP contribution in [-0.2, 0) is 11.8 Å².